The van der Waals surface area contributed by atoms with Crippen LogP contribution in [0.5, 0.6) is 5.75 Å². The fourth-order valence-electron chi connectivity index (χ4n) is 2.74. The summed E-state index contributed by atoms with van der Waals surface area (Å²) in [4.78, 5) is 12.6. The minimum Gasteiger partial charge on any atom is -0.492 e. The Balaban J connectivity index is 2.30. The van der Waals surface area contributed by atoms with Crippen LogP contribution in [0, 0.1) is 0 Å². The molecule has 0 aromatic heterocycles. The number of carbonyl (C=O) groups excluding carboxylic acids is 1. The highest BCUT2D eigenvalue weighted by atomic mass is 79.9. The lowest BCUT2D eigenvalue weighted by molar-refractivity contribution is -0.115. The minimum absolute atomic E-state index is 0.124. The summed E-state index contributed by atoms with van der Waals surface area (Å²) in [6, 6.07) is 12.0. The van der Waals surface area contributed by atoms with Crippen LogP contribution in [0.3, 0.4) is 0 Å². The number of ether oxygens (including phenoxy) is 1. The Hall–Kier alpha value is -1.90. The van der Waals surface area contributed by atoms with Crippen LogP contribution in [-0.2, 0) is 21.2 Å². The second-order valence-electron chi connectivity index (χ2n) is 6.03. The molecule has 28 heavy (non-hydrogen) atoms. The predicted molar refractivity (Wildman–Crippen MR) is 114 cm³/mol. The van der Waals surface area contributed by atoms with E-state index in [0.717, 1.165) is 10.0 Å². The summed E-state index contributed by atoms with van der Waals surface area (Å²) in [6.07, 6.45) is 0.172. The normalized spacial score (nSPS) is 11.5. The van der Waals surface area contributed by atoms with E-state index in [2.05, 4.69) is 21.2 Å². The molecule has 0 fully saturated rings. The summed E-state index contributed by atoms with van der Waals surface area (Å²) in [5.41, 5.74) is 1.20. The molecule has 0 heterocycles. The van der Waals surface area contributed by atoms with E-state index in [1.807, 2.05) is 31.2 Å². The zero-order chi connectivity index (χ0) is 20.7. The van der Waals surface area contributed by atoms with Gasteiger partial charge in [0.05, 0.1) is 23.6 Å². The fraction of sp³-hybridized carbons (Fsp3) is 0.350. The van der Waals surface area contributed by atoms with Crippen molar-refractivity contribution in [2.75, 3.05) is 25.0 Å². The molecular formula is C20H25BrN2O4S. The molecule has 0 saturated heterocycles. The number of hydrogen-bond acceptors (Lipinski definition) is 4. The van der Waals surface area contributed by atoms with E-state index in [9.17, 15) is 13.2 Å². The number of amides is 1. The topological polar surface area (TPSA) is 75.7 Å². The van der Waals surface area contributed by atoms with E-state index >= 15 is 0 Å². The van der Waals surface area contributed by atoms with E-state index in [4.69, 9.17) is 4.74 Å². The van der Waals surface area contributed by atoms with Crippen LogP contribution in [0.25, 0.3) is 0 Å². The summed E-state index contributed by atoms with van der Waals surface area (Å²) in [6.45, 7) is 6.55. The summed E-state index contributed by atoms with van der Waals surface area (Å²) < 4.78 is 33.4. The first-order valence-corrected chi connectivity index (χ1v) is 11.4. The summed E-state index contributed by atoms with van der Waals surface area (Å²) in [5.74, 6) is 0.186. The fourth-order valence-corrected chi connectivity index (χ4v) is 4.49. The highest BCUT2D eigenvalue weighted by Gasteiger charge is 2.23. The van der Waals surface area contributed by atoms with Gasteiger partial charge >= 0.3 is 0 Å². The number of carbonyl (C=O) groups is 1. The number of halogens is 1. The van der Waals surface area contributed by atoms with Crippen LogP contribution < -0.4 is 10.1 Å². The Kier molecular flexibility index (Phi) is 8.03. The molecule has 0 aliphatic heterocycles. The molecule has 6 nitrogen and oxygen atoms in total. The van der Waals surface area contributed by atoms with Crippen molar-refractivity contribution in [1.82, 2.24) is 4.31 Å². The molecule has 0 atom stereocenters. The zero-order valence-electron chi connectivity index (χ0n) is 16.2. The monoisotopic (exact) mass is 468 g/mol. The molecule has 0 saturated carbocycles. The van der Waals surface area contributed by atoms with Gasteiger partial charge < -0.3 is 10.1 Å². The van der Waals surface area contributed by atoms with Gasteiger partial charge in [-0.15, -0.1) is 0 Å². The first kappa shape index (κ1) is 22.4. The number of nitrogens with one attached hydrogen (secondary N) is 1. The van der Waals surface area contributed by atoms with Crippen LogP contribution in [0.1, 0.15) is 26.3 Å². The van der Waals surface area contributed by atoms with Crippen molar-refractivity contribution in [1.29, 1.82) is 0 Å². The molecule has 1 N–H and O–H groups in total. The quantitative estimate of drug-likeness (QED) is 0.601. The van der Waals surface area contributed by atoms with Crippen molar-refractivity contribution in [2.45, 2.75) is 32.1 Å². The molecule has 2 aromatic carbocycles. The molecule has 2 aromatic rings. The third kappa shape index (κ3) is 5.56. The predicted octanol–water partition coefficient (Wildman–Crippen LogP) is 4.06. The Morgan fingerprint density at radius 2 is 1.71 bits per heavy atom. The molecule has 1 amide bonds. The zero-order valence-corrected chi connectivity index (χ0v) is 18.6. The molecule has 0 unspecified atom stereocenters. The third-order valence-corrected chi connectivity index (χ3v) is 6.72. The van der Waals surface area contributed by atoms with E-state index in [1.165, 1.54) is 16.4 Å². The number of hydrogen-bond donors (Lipinski definition) is 1. The van der Waals surface area contributed by atoms with Crippen LogP contribution in [0.2, 0.25) is 0 Å². The lowest BCUT2D eigenvalue weighted by Gasteiger charge is -2.20. The third-order valence-electron chi connectivity index (χ3n) is 4.15. The number of benzene rings is 2. The molecule has 0 aliphatic carbocycles. The molecule has 2 rings (SSSR count). The smallest absolute Gasteiger partial charge is 0.243 e. The van der Waals surface area contributed by atoms with E-state index in [-0.39, 0.29) is 17.2 Å². The lowest BCUT2D eigenvalue weighted by Crippen LogP contribution is -2.30. The number of anilines is 1. The van der Waals surface area contributed by atoms with E-state index in [0.29, 0.717) is 31.1 Å². The maximum atomic E-state index is 12.8. The second kappa shape index (κ2) is 10.0. The number of nitrogens with zero attached hydrogens (tertiary/aromatic N) is 1. The van der Waals surface area contributed by atoms with Gasteiger partial charge in [-0.25, -0.2) is 8.42 Å². The van der Waals surface area contributed by atoms with Gasteiger partial charge in [-0.05, 0) is 42.8 Å². The van der Waals surface area contributed by atoms with Gasteiger partial charge in [0.1, 0.15) is 5.75 Å². The van der Waals surface area contributed by atoms with Gasteiger partial charge in [0.25, 0.3) is 0 Å². The molecule has 0 radical (unpaired) electrons. The van der Waals surface area contributed by atoms with Gasteiger partial charge in [0, 0.05) is 17.6 Å². The van der Waals surface area contributed by atoms with Gasteiger partial charge in [0.15, 0.2) is 0 Å². The first-order valence-electron chi connectivity index (χ1n) is 9.13. The van der Waals surface area contributed by atoms with Crippen LogP contribution in [0.15, 0.2) is 51.8 Å². The van der Waals surface area contributed by atoms with Crippen molar-refractivity contribution in [3.63, 3.8) is 0 Å². The molecule has 0 aliphatic rings. The lowest BCUT2D eigenvalue weighted by atomic mass is 10.1. The standard InChI is InChI=1S/C20H25BrN2O4S/c1-4-23(5-2)28(25,26)17-11-12-19(27-6-3)18(14-17)22-20(24)13-15-7-9-16(21)10-8-15/h7-12,14H,4-6,13H2,1-3H3,(H,22,24). The van der Waals surface area contributed by atoms with Crippen LogP contribution in [-0.4, -0.2) is 38.3 Å². The maximum Gasteiger partial charge on any atom is 0.243 e. The van der Waals surface area contributed by atoms with Crippen LogP contribution in [0.4, 0.5) is 5.69 Å². The Bertz CT molecular complexity index is 910. The molecule has 0 spiro atoms. The summed E-state index contributed by atoms with van der Waals surface area (Å²) in [5, 5.41) is 2.79. The van der Waals surface area contributed by atoms with E-state index in [1.54, 1.807) is 19.9 Å². The maximum absolute atomic E-state index is 12.8. The van der Waals surface area contributed by atoms with E-state index < -0.39 is 10.0 Å². The largest absolute Gasteiger partial charge is 0.492 e. The van der Waals surface area contributed by atoms with Gasteiger partial charge in [-0.2, -0.15) is 4.31 Å². The highest BCUT2D eigenvalue weighted by molar-refractivity contribution is 9.10. The number of sulfonamides is 1. The van der Waals surface area contributed by atoms with Crippen molar-refractivity contribution in [2.24, 2.45) is 0 Å². The average Bonchev–Trinajstić information content (AvgIpc) is 2.66. The Morgan fingerprint density at radius 3 is 2.29 bits per heavy atom. The average molecular weight is 469 g/mol. The van der Waals surface area contributed by atoms with Crippen molar-refractivity contribution >= 4 is 37.5 Å². The SMILES string of the molecule is CCOc1ccc(S(=O)(=O)N(CC)CC)cc1NC(=O)Cc1ccc(Br)cc1. The van der Waals surface area contributed by atoms with Crippen LogP contribution >= 0.6 is 15.9 Å². The molecule has 152 valence electrons. The highest BCUT2D eigenvalue weighted by Crippen LogP contribution is 2.29. The van der Waals surface area contributed by atoms with Gasteiger partial charge in [0.2, 0.25) is 15.9 Å². The summed E-state index contributed by atoms with van der Waals surface area (Å²) in [7, 11) is -3.63. The summed E-state index contributed by atoms with van der Waals surface area (Å²) >= 11 is 3.36. The number of rotatable bonds is 9. The second-order valence-corrected chi connectivity index (χ2v) is 8.89. The Labute approximate surface area is 175 Å². The Morgan fingerprint density at radius 1 is 1.07 bits per heavy atom. The van der Waals surface area contributed by atoms with Gasteiger partial charge in [-0.3, -0.25) is 4.79 Å². The van der Waals surface area contributed by atoms with Crippen molar-refractivity contribution in [3.8, 4) is 5.75 Å². The minimum atomic E-state index is -3.63. The molecular weight excluding hydrogens is 444 g/mol. The molecule has 8 heteroatoms. The van der Waals surface area contributed by atoms with Crippen molar-refractivity contribution in [3.05, 3.63) is 52.5 Å². The van der Waals surface area contributed by atoms with Crippen molar-refractivity contribution < 1.29 is 17.9 Å². The molecule has 0 bridgehead atoms. The van der Waals surface area contributed by atoms with Gasteiger partial charge in [-0.1, -0.05) is 41.9 Å². The first-order chi connectivity index (χ1) is 13.3.